The van der Waals surface area contributed by atoms with Crippen molar-refractivity contribution in [2.75, 3.05) is 19.7 Å². The third-order valence-electron chi connectivity index (χ3n) is 7.72. The van der Waals surface area contributed by atoms with Crippen LogP contribution in [0.4, 0.5) is 0 Å². The first-order valence-corrected chi connectivity index (χ1v) is 13.7. The largest absolute Gasteiger partial charge is 0.493 e. The van der Waals surface area contributed by atoms with Crippen molar-refractivity contribution in [2.45, 2.75) is 51.0 Å². The molecule has 4 aromatic rings. The summed E-state index contributed by atoms with van der Waals surface area (Å²) in [6, 6.07) is 13.3. The minimum Gasteiger partial charge on any atom is -0.493 e. The van der Waals surface area contributed by atoms with Gasteiger partial charge in [-0.3, -0.25) is 0 Å². The predicted molar refractivity (Wildman–Crippen MR) is 147 cm³/mol. The number of fused-ring (bicyclic) bond motifs is 1. The zero-order valence-electron chi connectivity index (χ0n) is 20.4. The number of imidazole rings is 1. The number of hydrogen-bond acceptors (Lipinski definition) is 4. The fourth-order valence-electron chi connectivity index (χ4n) is 5.39. The molecule has 186 valence electrons. The highest BCUT2D eigenvalue weighted by Gasteiger charge is 2.26. The van der Waals surface area contributed by atoms with E-state index in [1.165, 1.54) is 52.9 Å². The highest BCUT2D eigenvalue weighted by Crippen LogP contribution is 2.39. The van der Waals surface area contributed by atoms with Crippen LogP contribution >= 0.6 is 23.7 Å². The van der Waals surface area contributed by atoms with Gasteiger partial charge in [0.1, 0.15) is 5.75 Å². The first-order chi connectivity index (χ1) is 16.8. The van der Waals surface area contributed by atoms with Gasteiger partial charge in [-0.15, -0.1) is 23.7 Å². The Balaban J connectivity index is 0.00000253. The molecule has 0 unspecified atom stereocenters. The molecule has 1 aliphatic carbocycles. The maximum Gasteiger partial charge on any atom is 0.156 e. The molecule has 6 rings (SSSR count). The molecule has 0 spiro atoms. The molecule has 1 saturated carbocycles. The Bertz CT molecular complexity index is 1250. The van der Waals surface area contributed by atoms with E-state index in [0.29, 0.717) is 11.8 Å². The van der Waals surface area contributed by atoms with Gasteiger partial charge in [-0.25, -0.2) is 4.98 Å². The molecule has 0 amide bonds. The van der Waals surface area contributed by atoms with Crippen molar-refractivity contribution in [3.05, 3.63) is 59.2 Å². The molecule has 0 radical (unpaired) electrons. The van der Waals surface area contributed by atoms with Gasteiger partial charge in [-0.2, -0.15) is 0 Å². The molecule has 35 heavy (non-hydrogen) atoms. The molecule has 1 N–H and O–H groups in total. The number of aromatic nitrogens is 3. The number of hydrogen-bond donors (Lipinski definition) is 1. The number of ether oxygens (including phenoxy) is 1. The third kappa shape index (κ3) is 5.02. The lowest BCUT2D eigenvalue weighted by Gasteiger charge is -2.27. The van der Waals surface area contributed by atoms with Crippen LogP contribution < -0.4 is 10.1 Å². The molecule has 2 fully saturated rings. The van der Waals surface area contributed by atoms with Gasteiger partial charge in [-0.05, 0) is 73.9 Å². The summed E-state index contributed by atoms with van der Waals surface area (Å²) in [5.41, 5.74) is 5.33. The van der Waals surface area contributed by atoms with Crippen LogP contribution in [0.1, 0.15) is 49.3 Å². The van der Waals surface area contributed by atoms with E-state index < -0.39 is 0 Å². The quantitative estimate of drug-likeness (QED) is 0.283. The van der Waals surface area contributed by atoms with Crippen LogP contribution in [-0.4, -0.2) is 33.8 Å². The summed E-state index contributed by atoms with van der Waals surface area (Å²) in [4.78, 5) is 4.94. The zero-order chi connectivity index (χ0) is 22.9. The van der Waals surface area contributed by atoms with E-state index in [1.54, 1.807) is 0 Å². The van der Waals surface area contributed by atoms with E-state index in [0.717, 1.165) is 50.7 Å². The number of thiophene rings is 1. The van der Waals surface area contributed by atoms with E-state index in [2.05, 4.69) is 69.5 Å². The molecule has 1 atom stereocenters. The minimum absolute atomic E-state index is 0. The summed E-state index contributed by atoms with van der Waals surface area (Å²) < 4.78 is 12.2. The summed E-state index contributed by atoms with van der Waals surface area (Å²) >= 11 is 1.81. The number of rotatable bonds is 9. The third-order valence-corrected chi connectivity index (χ3v) is 8.57. The lowest BCUT2D eigenvalue weighted by Crippen LogP contribution is -2.16. The molecule has 1 aliphatic heterocycles. The van der Waals surface area contributed by atoms with Gasteiger partial charge in [0, 0.05) is 43.9 Å². The summed E-state index contributed by atoms with van der Waals surface area (Å²) in [7, 11) is 2.17. The Morgan fingerprint density at radius 2 is 2.00 bits per heavy atom. The predicted octanol–water partition coefficient (Wildman–Crippen LogP) is 6.41. The fourth-order valence-corrected chi connectivity index (χ4v) is 6.24. The van der Waals surface area contributed by atoms with Gasteiger partial charge < -0.3 is 19.2 Å². The van der Waals surface area contributed by atoms with E-state index in [4.69, 9.17) is 9.72 Å². The Labute approximate surface area is 217 Å². The summed E-state index contributed by atoms with van der Waals surface area (Å²) in [6.07, 6.45) is 9.48. The van der Waals surface area contributed by atoms with Crippen molar-refractivity contribution in [2.24, 2.45) is 13.0 Å². The average Bonchev–Trinajstić information content (AvgIpc) is 3.60. The Morgan fingerprint density at radius 1 is 1.14 bits per heavy atom. The highest BCUT2D eigenvalue weighted by molar-refractivity contribution is 7.17. The van der Waals surface area contributed by atoms with Crippen molar-refractivity contribution in [3.8, 4) is 17.3 Å². The molecule has 3 aromatic heterocycles. The van der Waals surface area contributed by atoms with Gasteiger partial charge in [-0.1, -0.05) is 18.6 Å². The van der Waals surface area contributed by atoms with E-state index in [9.17, 15) is 0 Å². The molecule has 1 aromatic carbocycles. The fraction of sp³-hybridized carbons (Fsp3) is 0.464. The number of nitrogens with zero attached hydrogens (tertiary/aromatic N) is 3. The van der Waals surface area contributed by atoms with E-state index in [-0.39, 0.29) is 12.4 Å². The van der Waals surface area contributed by atoms with Crippen LogP contribution in [0.5, 0.6) is 5.75 Å². The lowest BCUT2D eigenvalue weighted by molar-refractivity contribution is 0.260. The molecule has 7 heteroatoms. The van der Waals surface area contributed by atoms with Crippen molar-refractivity contribution in [1.29, 1.82) is 0 Å². The Kier molecular flexibility index (Phi) is 7.51. The lowest BCUT2D eigenvalue weighted by atomic mass is 9.83. The SMILES string of the molecule is Cl.Cn1c(-c2ncc(C3CCC3)n2CCCc2ccc(OC[C@@H]3CCNC3)cc2)cc2sccc21. The van der Waals surface area contributed by atoms with Crippen LogP contribution in [0.25, 0.3) is 21.7 Å². The molecular formula is C28H35ClN4OS. The van der Waals surface area contributed by atoms with Crippen LogP contribution in [0.3, 0.4) is 0 Å². The normalized spacial score (nSPS) is 18.0. The number of nitrogens with one attached hydrogen (secondary N) is 1. The van der Waals surface area contributed by atoms with Crippen molar-refractivity contribution < 1.29 is 4.74 Å². The Morgan fingerprint density at radius 3 is 2.71 bits per heavy atom. The van der Waals surface area contributed by atoms with Crippen LogP contribution in [0.15, 0.2) is 48.0 Å². The minimum atomic E-state index is 0. The van der Waals surface area contributed by atoms with Crippen molar-refractivity contribution in [3.63, 3.8) is 0 Å². The summed E-state index contributed by atoms with van der Waals surface area (Å²) in [5, 5.41) is 5.58. The molecule has 4 heterocycles. The van der Waals surface area contributed by atoms with Crippen molar-refractivity contribution in [1.82, 2.24) is 19.4 Å². The van der Waals surface area contributed by atoms with E-state index >= 15 is 0 Å². The number of benzene rings is 1. The first-order valence-electron chi connectivity index (χ1n) is 12.8. The standard InChI is InChI=1S/C28H34N4OS.ClH/c1-31-24-12-15-34-27(24)16-25(31)28-30-18-26(22-5-2-6-22)32(28)14-3-4-20-7-9-23(10-8-20)33-19-21-11-13-29-17-21;/h7-10,12,15-16,18,21-22,29H,2-6,11,13-14,17,19H2,1H3;1H/t21-;/m1./s1. The van der Waals surface area contributed by atoms with E-state index in [1.807, 2.05) is 11.3 Å². The number of halogens is 1. The Hall–Kier alpha value is -2.28. The zero-order valence-corrected chi connectivity index (χ0v) is 22.0. The topological polar surface area (TPSA) is 44.0 Å². The van der Waals surface area contributed by atoms with Gasteiger partial charge in [0.2, 0.25) is 0 Å². The highest BCUT2D eigenvalue weighted by atomic mass is 35.5. The van der Waals surface area contributed by atoms with Crippen molar-refractivity contribution >= 4 is 34.0 Å². The maximum atomic E-state index is 6.01. The second kappa shape index (κ2) is 10.8. The van der Waals surface area contributed by atoms with Gasteiger partial charge in [0.05, 0.1) is 22.5 Å². The first kappa shape index (κ1) is 24.4. The second-order valence-corrected chi connectivity index (χ2v) is 10.9. The molecule has 0 bridgehead atoms. The maximum absolute atomic E-state index is 6.01. The molecular weight excluding hydrogens is 476 g/mol. The molecule has 1 saturated heterocycles. The molecule has 2 aliphatic rings. The summed E-state index contributed by atoms with van der Waals surface area (Å²) in [5.74, 6) is 3.43. The van der Waals surface area contributed by atoms with Crippen LogP contribution in [0.2, 0.25) is 0 Å². The second-order valence-electron chi connectivity index (χ2n) is 9.96. The smallest absolute Gasteiger partial charge is 0.156 e. The monoisotopic (exact) mass is 510 g/mol. The van der Waals surface area contributed by atoms with Gasteiger partial charge >= 0.3 is 0 Å². The average molecular weight is 511 g/mol. The van der Waals surface area contributed by atoms with Crippen LogP contribution in [-0.2, 0) is 20.0 Å². The molecule has 5 nitrogen and oxygen atoms in total. The summed E-state index contributed by atoms with van der Waals surface area (Å²) in [6.45, 7) is 4.03. The van der Waals surface area contributed by atoms with Gasteiger partial charge in [0.15, 0.2) is 5.82 Å². The van der Waals surface area contributed by atoms with Gasteiger partial charge in [0.25, 0.3) is 0 Å². The van der Waals surface area contributed by atoms with Crippen LogP contribution in [0, 0.1) is 5.92 Å². The number of aryl methyl sites for hydroxylation is 2.